The summed E-state index contributed by atoms with van der Waals surface area (Å²) in [7, 11) is 1.33. The molecule has 142 valence electrons. The van der Waals surface area contributed by atoms with Gasteiger partial charge in [-0.15, -0.1) is 0 Å². The van der Waals surface area contributed by atoms with E-state index in [0.29, 0.717) is 18.3 Å². The van der Waals surface area contributed by atoms with Crippen LogP contribution in [0.15, 0.2) is 35.3 Å². The summed E-state index contributed by atoms with van der Waals surface area (Å²) in [6.07, 6.45) is 7.12. The maximum atomic E-state index is 12.6. The Labute approximate surface area is 156 Å². The normalized spacial score (nSPS) is 38.2. The molecular weight excluding hydrogens is 328 g/mol. The van der Waals surface area contributed by atoms with Gasteiger partial charge in [0.2, 0.25) is 0 Å². The fourth-order valence-corrected chi connectivity index (χ4v) is 5.61. The Kier molecular flexibility index (Phi) is 4.66. The Hall–Kier alpha value is -1.84. The lowest BCUT2D eigenvalue weighted by molar-refractivity contribution is -0.121. The van der Waals surface area contributed by atoms with Gasteiger partial charge in [0.25, 0.3) is 5.78 Å². The summed E-state index contributed by atoms with van der Waals surface area (Å²) in [6, 6.07) is 0. The Morgan fingerprint density at radius 2 is 2.00 bits per heavy atom. The molecule has 4 nitrogen and oxygen atoms in total. The van der Waals surface area contributed by atoms with Crippen LogP contribution >= 0.6 is 0 Å². The SMILES string of the molecule is C=C1CCCC2C1(C)CCC(C)C2(C)CC1=C(O)C(=O)C(OC)=CC1=O. The molecule has 4 unspecified atom stereocenters. The first kappa shape index (κ1) is 18.9. The zero-order valence-corrected chi connectivity index (χ0v) is 16.4. The molecule has 3 aliphatic carbocycles. The highest BCUT2D eigenvalue weighted by molar-refractivity contribution is 6.20. The Balaban J connectivity index is 1.99. The van der Waals surface area contributed by atoms with E-state index in [-0.39, 0.29) is 27.9 Å². The summed E-state index contributed by atoms with van der Waals surface area (Å²) in [5, 5.41) is 10.4. The third-order valence-corrected chi connectivity index (χ3v) is 7.63. The van der Waals surface area contributed by atoms with Crippen molar-refractivity contribution < 1.29 is 19.4 Å². The average molecular weight is 358 g/mol. The number of carbonyl (C=O) groups is 2. The summed E-state index contributed by atoms with van der Waals surface area (Å²) in [5.41, 5.74) is 1.47. The van der Waals surface area contributed by atoms with E-state index in [1.807, 2.05) is 0 Å². The molecule has 0 aromatic heterocycles. The lowest BCUT2D eigenvalue weighted by atomic mass is 9.46. The predicted molar refractivity (Wildman–Crippen MR) is 100 cm³/mol. The van der Waals surface area contributed by atoms with Crippen LogP contribution in [0.25, 0.3) is 0 Å². The lowest BCUT2D eigenvalue weighted by Crippen LogP contribution is -2.50. The van der Waals surface area contributed by atoms with E-state index in [2.05, 4.69) is 27.4 Å². The zero-order chi connectivity index (χ0) is 19.3. The fourth-order valence-electron chi connectivity index (χ4n) is 5.61. The highest BCUT2D eigenvalue weighted by Gasteiger charge is 2.54. The standard InChI is InChI=1S/C22H30O4/c1-13-7-6-8-18-21(13,3)10-9-14(2)22(18,4)12-15-16(23)11-17(26-5)20(25)19(15)24/h11,14,18,24H,1,6-10,12H2,2-5H3. The Morgan fingerprint density at radius 3 is 2.65 bits per heavy atom. The molecule has 3 aliphatic rings. The van der Waals surface area contributed by atoms with Crippen molar-refractivity contribution >= 4 is 11.6 Å². The van der Waals surface area contributed by atoms with E-state index in [4.69, 9.17) is 4.74 Å². The predicted octanol–water partition coefficient (Wildman–Crippen LogP) is 4.67. The van der Waals surface area contributed by atoms with Crippen LogP contribution in [0.5, 0.6) is 0 Å². The minimum atomic E-state index is -0.593. The number of ketones is 2. The molecule has 0 spiro atoms. The first-order valence-corrected chi connectivity index (χ1v) is 9.60. The number of carbonyl (C=O) groups excluding carboxylic acids is 2. The van der Waals surface area contributed by atoms with Gasteiger partial charge in [-0.2, -0.15) is 0 Å². The molecule has 1 N–H and O–H groups in total. The van der Waals surface area contributed by atoms with E-state index in [1.165, 1.54) is 18.8 Å². The minimum absolute atomic E-state index is 0.0743. The molecule has 0 bridgehead atoms. The summed E-state index contributed by atoms with van der Waals surface area (Å²) >= 11 is 0. The molecule has 26 heavy (non-hydrogen) atoms. The van der Waals surface area contributed by atoms with Gasteiger partial charge in [-0.3, -0.25) is 9.59 Å². The molecule has 0 aromatic rings. The minimum Gasteiger partial charge on any atom is -0.504 e. The Bertz CT molecular complexity index is 728. The molecular formula is C22H30O4. The molecule has 4 atom stereocenters. The number of aliphatic hydroxyl groups excluding tert-OH is 1. The highest BCUT2D eigenvalue weighted by Crippen LogP contribution is 2.63. The van der Waals surface area contributed by atoms with Crippen molar-refractivity contribution in [3.8, 4) is 0 Å². The first-order chi connectivity index (χ1) is 12.1. The molecule has 0 aliphatic heterocycles. The molecule has 0 amide bonds. The quantitative estimate of drug-likeness (QED) is 0.588. The average Bonchev–Trinajstić information content (AvgIpc) is 2.61. The number of hydrogen-bond acceptors (Lipinski definition) is 4. The van der Waals surface area contributed by atoms with Gasteiger partial charge in [-0.1, -0.05) is 32.9 Å². The fraction of sp³-hybridized carbons (Fsp3) is 0.636. The van der Waals surface area contributed by atoms with Crippen LogP contribution in [0, 0.1) is 22.7 Å². The number of aliphatic hydroxyl groups is 1. The second kappa shape index (κ2) is 6.40. The van der Waals surface area contributed by atoms with Gasteiger partial charge in [-0.05, 0) is 61.2 Å². The third kappa shape index (κ3) is 2.65. The molecule has 2 fully saturated rings. The largest absolute Gasteiger partial charge is 0.504 e. The molecule has 2 saturated carbocycles. The number of Topliss-reactive ketones (excluding diaryl/α,β-unsaturated/α-hetero) is 1. The maximum absolute atomic E-state index is 12.6. The van der Waals surface area contributed by atoms with Crippen molar-refractivity contribution in [1.29, 1.82) is 0 Å². The van der Waals surface area contributed by atoms with Gasteiger partial charge < -0.3 is 9.84 Å². The summed E-state index contributed by atoms with van der Waals surface area (Å²) < 4.78 is 4.93. The van der Waals surface area contributed by atoms with Crippen molar-refractivity contribution in [2.45, 2.75) is 59.3 Å². The van der Waals surface area contributed by atoms with Gasteiger partial charge in [0, 0.05) is 11.6 Å². The molecule has 0 radical (unpaired) electrons. The van der Waals surface area contributed by atoms with E-state index in [0.717, 1.165) is 32.1 Å². The molecule has 0 aromatic carbocycles. The van der Waals surface area contributed by atoms with Crippen molar-refractivity contribution in [1.82, 2.24) is 0 Å². The van der Waals surface area contributed by atoms with Gasteiger partial charge >= 0.3 is 0 Å². The van der Waals surface area contributed by atoms with Crippen molar-refractivity contribution in [2.24, 2.45) is 22.7 Å². The van der Waals surface area contributed by atoms with Crippen LogP contribution in [0.4, 0.5) is 0 Å². The lowest BCUT2D eigenvalue weighted by Gasteiger charge is -2.59. The number of fused-ring (bicyclic) bond motifs is 1. The van der Waals surface area contributed by atoms with Crippen LogP contribution in [0.2, 0.25) is 0 Å². The van der Waals surface area contributed by atoms with Gasteiger partial charge in [0.05, 0.1) is 7.11 Å². The van der Waals surface area contributed by atoms with E-state index in [9.17, 15) is 14.7 Å². The van der Waals surface area contributed by atoms with E-state index < -0.39 is 11.5 Å². The molecule has 0 heterocycles. The molecule has 3 rings (SSSR count). The monoisotopic (exact) mass is 358 g/mol. The number of allylic oxidation sites excluding steroid dienone is 3. The van der Waals surface area contributed by atoms with Crippen LogP contribution in [-0.2, 0) is 14.3 Å². The number of ether oxygens (including phenoxy) is 1. The smallest absolute Gasteiger partial charge is 0.262 e. The highest BCUT2D eigenvalue weighted by atomic mass is 16.5. The van der Waals surface area contributed by atoms with Crippen molar-refractivity contribution in [3.63, 3.8) is 0 Å². The summed E-state index contributed by atoms with van der Waals surface area (Å²) in [6.45, 7) is 11.1. The van der Waals surface area contributed by atoms with Crippen LogP contribution in [0.1, 0.15) is 59.3 Å². The van der Waals surface area contributed by atoms with Crippen molar-refractivity contribution in [2.75, 3.05) is 7.11 Å². The summed E-state index contributed by atoms with van der Waals surface area (Å²) in [5.74, 6) is -0.628. The van der Waals surface area contributed by atoms with E-state index >= 15 is 0 Å². The number of hydrogen-bond donors (Lipinski definition) is 1. The maximum Gasteiger partial charge on any atom is 0.262 e. The van der Waals surface area contributed by atoms with Gasteiger partial charge in [0.15, 0.2) is 17.3 Å². The third-order valence-electron chi connectivity index (χ3n) is 7.63. The molecule has 4 heteroatoms. The first-order valence-electron chi connectivity index (χ1n) is 9.60. The van der Waals surface area contributed by atoms with E-state index in [1.54, 1.807) is 0 Å². The van der Waals surface area contributed by atoms with Crippen LogP contribution < -0.4 is 0 Å². The van der Waals surface area contributed by atoms with Crippen molar-refractivity contribution in [3.05, 3.63) is 35.3 Å². The van der Waals surface area contributed by atoms with Crippen LogP contribution in [-0.4, -0.2) is 23.8 Å². The summed E-state index contributed by atoms with van der Waals surface area (Å²) in [4.78, 5) is 24.9. The molecule has 0 saturated heterocycles. The number of rotatable bonds is 3. The Morgan fingerprint density at radius 1 is 1.31 bits per heavy atom. The van der Waals surface area contributed by atoms with Gasteiger partial charge in [0.1, 0.15) is 0 Å². The topological polar surface area (TPSA) is 63.6 Å². The zero-order valence-electron chi connectivity index (χ0n) is 16.4. The van der Waals surface area contributed by atoms with Gasteiger partial charge in [-0.25, -0.2) is 0 Å². The second-order valence-electron chi connectivity index (χ2n) is 8.82. The number of methoxy groups -OCH3 is 1. The van der Waals surface area contributed by atoms with Crippen LogP contribution in [0.3, 0.4) is 0 Å². The second-order valence-corrected chi connectivity index (χ2v) is 8.82.